The van der Waals surface area contributed by atoms with E-state index in [0.29, 0.717) is 30.6 Å². The molecule has 0 spiro atoms. The first kappa shape index (κ1) is 36.8. The Hall–Kier alpha value is -5.98. The maximum absolute atomic E-state index is 12.6. The lowest BCUT2D eigenvalue weighted by Crippen LogP contribution is -2.38. The summed E-state index contributed by atoms with van der Waals surface area (Å²) in [7, 11) is 3.31. The minimum Gasteiger partial charge on any atom is -0.496 e. The number of carbonyl (C=O) groups excluding carboxylic acids is 3. The summed E-state index contributed by atoms with van der Waals surface area (Å²) >= 11 is 0. The number of hydrogen-bond donors (Lipinski definition) is 2. The van der Waals surface area contributed by atoms with E-state index >= 15 is 0 Å². The van der Waals surface area contributed by atoms with Crippen molar-refractivity contribution in [2.75, 3.05) is 40.4 Å². The van der Waals surface area contributed by atoms with E-state index < -0.39 is 0 Å². The SMILES string of the molecule is CC(C)c1cnc[nH]1.COc1cccc2c1CCN1C(=O)CN=C(n3cnc(C(C)C)c3)C=C21.COc1cccc2c1CCN1C(=O)CNC(=O)C=C21. The van der Waals surface area contributed by atoms with Crippen LogP contribution in [0, 0.1) is 0 Å². The quantitative estimate of drug-likeness (QED) is 0.309. The highest BCUT2D eigenvalue weighted by Crippen LogP contribution is 2.36. The molecule has 53 heavy (non-hydrogen) atoms. The average Bonchev–Trinajstić information content (AvgIpc) is 3.84. The van der Waals surface area contributed by atoms with E-state index in [-0.39, 0.29) is 30.8 Å². The number of imidazole rings is 2. The van der Waals surface area contributed by atoms with Crippen molar-refractivity contribution < 1.29 is 23.9 Å². The van der Waals surface area contributed by atoms with Gasteiger partial charge in [-0.3, -0.25) is 23.9 Å². The van der Waals surface area contributed by atoms with Crippen molar-refractivity contribution in [1.82, 2.24) is 34.6 Å². The van der Waals surface area contributed by atoms with Gasteiger partial charge in [-0.2, -0.15) is 0 Å². The number of ether oxygens (including phenoxy) is 2. The number of allylic oxidation sites excluding steroid dienone is 1. The number of amides is 3. The number of H-pyrrole nitrogens is 1. The monoisotopic (exact) mass is 718 g/mol. The summed E-state index contributed by atoms with van der Waals surface area (Å²) in [6, 6.07) is 11.7. The molecular weight excluding hydrogens is 672 g/mol. The third-order valence-electron chi connectivity index (χ3n) is 9.54. The number of carbonyl (C=O) groups is 3. The van der Waals surface area contributed by atoms with Crippen LogP contribution in [0.2, 0.25) is 0 Å². The van der Waals surface area contributed by atoms with E-state index in [2.05, 4.69) is 53.0 Å². The molecule has 13 nitrogen and oxygen atoms in total. The summed E-state index contributed by atoms with van der Waals surface area (Å²) in [4.78, 5) is 55.7. The molecule has 4 aromatic rings. The highest BCUT2D eigenvalue weighted by atomic mass is 16.5. The van der Waals surface area contributed by atoms with Crippen LogP contribution in [0.4, 0.5) is 0 Å². The van der Waals surface area contributed by atoms with Gasteiger partial charge in [-0.15, -0.1) is 0 Å². The first-order chi connectivity index (χ1) is 25.6. The van der Waals surface area contributed by atoms with E-state index in [1.54, 1.807) is 31.8 Å². The molecule has 0 saturated carbocycles. The second-order valence-corrected chi connectivity index (χ2v) is 13.5. The molecule has 2 aromatic carbocycles. The molecule has 3 amide bonds. The maximum atomic E-state index is 12.6. The molecule has 2 N–H and O–H groups in total. The molecule has 8 rings (SSSR count). The van der Waals surface area contributed by atoms with Gasteiger partial charge in [-0.25, -0.2) is 9.97 Å². The van der Waals surface area contributed by atoms with Gasteiger partial charge in [0.2, 0.25) is 17.7 Å². The molecule has 2 aromatic heterocycles. The van der Waals surface area contributed by atoms with Crippen molar-refractivity contribution >= 4 is 35.0 Å². The molecular formula is C40H46N8O5. The summed E-state index contributed by atoms with van der Waals surface area (Å²) in [6.07, 6.45) is 12.3. The molecule has 0 aliphatic carbocycles. The number of methoxy groups -OCH3 is 2. The van der Waals surface area contributed by atoms with Crippen LogP contribution in [0.25, 0.3) is 11.4 Å². The fourth-order valence-electron chi connectivity index (χ4n) is 6.65. The van der Waals surface area contributed by atoms with Crippen LogP contribution in [0.5, 0.6) is 11.5 Å². The molecule has 0 radical (unpaired) electrons. The van der Waals surface area contributed by atoms with Crippen LogP contribution in [-0.2, 0) is 27.2 Å². The van der Waals surface area contributed by atoms with Crippen LogP contribution in [-0.4, -0.2) is 93.3 Å². The Morgan fingerprint density at radius 1 is 0.792 bits per heavy atom. The molecule has 13 heteroatoms. The fraction of sp³-hybridized carbons (Fsp3) is 0.350. The summed E-state index contributed by atoms with van der Waals surface area (Å²) < 4.78 is 12.8. The summed E-state index contributed by atoms with van der Waals surface area (Å²) in [5, 5.41) is 2.57. The zero-order valence-corrected chi connectivity index (χ0v) is 31.1. The van der Waals surface area contributed by atoms with Gasteiger partial charge in [0, 0.05) is 65.6 Å². The Labute approximate surface area is 309 Å². The van der Waals surface area contributed by atoms with Gasteiger partial charge in [0.05, 0.1) is 44.2 Å². The van der Waals surface area contributed by atoms with Crippen molar-refractivity contribution in [1.29, 1.82) is 0 Å². The average molecular weight is 719 g/mol. The summed E-state index contributed by atoms with van der Waals surface area (Å²) in [6.45, 7) is 9.89. The van der Waals surface area contributed by atoms with E-state index in [1.807, 2.05) is 64.3 Å². The molecule has 0 fully saturated rings. The maximum Gasteiger partial charge on any atom is 0.248 e. The zero-order chi connectivity index (χ0) is 37.6. The highest BCUT2D eigenvalue weighted by Gasteiger charge is 2.31. The predicted molar refractivity (Wildman–Crippen MR) is 202 cm³/mol. The molecule has 0 unspecified atom stereocenters. The normalized spacial score (nSPS) is 16.2. The third-order valence-corrected chi connectivity index (χ3v) is 9.54. The smallest absolute Gasteiger partial charge is 0.248 e. The highest BCUT2D eigenvalue weighted by molar-refractivity contribution is 6.06. The Balaban J connectivity index is 0.000000155. The number of aromatic amines is 1. The van der Waals surface area contributed by atoms with Crippen molar-refractivity contribution in [3.63, 3.8) is 0 Å². The van der Waals surface area contributed by atoms with E-state index in [1.165, 1.54) is 11.8 Å². The largest absolute Gasteiger partial charge is 0.496 e. The number of fused-ring (bicyclic) bond motifs is 6. The van der Waals surface area contributed by atoms with Crippen molar-refractivity contribution in [2.24, 2.45) is 4.99 Å². The van der Waals surface area contributed by atoms with Gasteiger partial charge in [0.25, 0.3) is 0 Å². The van der Waals surface area contributed by atoms with Gasteiger partial charge in [0.15, 0.2) is 0 Å². The number of rotatable bonds is 4. The minimum atomic E-state index is -0.235. The van der Waals surface area contributed by atoms with E-state index in [4.69, 9.17) is 9.47 Å². The Kier molecular flexibility index (Phi) is 11.2. The van der Waals surface area contributed by atoms with Crippen LogP contribution < -0.4 is 14.8 Å². The number of benzene rings is 2. The van der Waals surface area contributed by atoms with Crippen molar-refractivity contribution in [3.8, 4) is 11.5 Å². The topological polar surface area (TPSA) is 147 Å². The lowest BCUT2D eigenvalue weighted by atomic mass is 9.95. The number of aromatic nitrogens is 4. The van der Waals surface area contributed by atoms with Gasteiger partial charge >= 0.3 is 0 Å². The molecule has 0 bridgehead atoms. The number of aliphatic imine (C=N–C) groups is 1. The lowest BCUT2D eigenvalue weighted by Gasteiger charge is -2.31. The van der Waals surface area contributed by atoms with E-state index in [9.17, 15) is 14.4 Å². The zero-order valence-electron chi connectivity index (χ0n) is 31.1. The van der Waals surface area contributed by atoms with Crippen LogP contribution in [0.3, 0.4) is 0 Å². The van der Waals surface area contributed by atoms with Crippen LogP contribution >= 0.6 is 0 Å². The first-order valence-electron chi connectivity index (χ1n) is 17.8. The molecule has 4 aliphatic heterocycles. The Morgan fingerprint density at radius 2 is 1.42 bits per heavy atom. The second-order valence-electron chi connectivity index (χ2n) is 13.5. The molecule has 276 valence electrons. The molecule has 0 saturated heterocycles. The van der Waals surface area contributed by atoms with Crippen LogP contribution in [0.15, 0.2) is 78.6 Å². The Morgan fingerprint density at radius 3 is 1.94 bits per heavy atom. The fourth-order valence-corrected chi connectivity index (χ4v) is 6.65. The third kappa shape index (κ3) is 7.93. The van der Waals surface area contributed by atoms with Gasteiger partial charge in [-0.05, 0) is 36.8 Å². The number of nitrogens with zero attached hydrogens (tertiary/aromatic N) is 6. The number of nitrogens with one attached hydrogen (secondary N) is 2. The van der Waals surface area contributed by atoms with Crippen molar-refractivity contribution in [2.45, 2.75) is 52.4 Å². The summed E-state index contributed by atoms with van der Waals surface area (Å²) in [5.74, 6) is 3.01. The number of hydrogen-bond acceptors (Lipinski definition) is 8. The van der Waals surface area contributed by atoms with Gasteiger partial charge in [-0.1, -0.05) is 52.0 Å². The minimum absolute atomic E-state index is 0.0175. The Bertz CT molecular complexity index is 2080. The predicted octanol–water partition coefficient (Wildman–Crippen LogP) is 4.78. The lowest BCUT2D eigenvalue weighted by molar-refractivity contribution is -0.128. The van der Waals surface area contributed by atoms with Crippen molar-refractivity contribution in [3.05, 3.63) is 107 Å². The summed E-state index contributed by atoms with van der Waals surface area (Å²) in [5.41, 5.74) is 7.87. The van der Waals surface area contributed by atoms with Crippen LogP contribution in [0.1, 0.15) is 73.2 Å². The van der Waals surface area contributed by atoms with Gasteiger partial charge in [0.1, 0.15) is 30.2 Å². The molecule has 4 aliphatic rings. The molecule has 6 heterocycles. The second kappa shape index (κ2) is 16.1. The first-order valence-corrected chi connectivity index (χ1v) is 17.8. The molecule has 0 atom stereocenters. The standard InChI is InChI=1S/C20H22N4O2.C14H14N2O3.C6H10N2/c1-13(2)16-11-23(12-22-16)19-9-17-14-5-4-6-18(26-3)15(14)7-8-24(17)20(25)10-21-19;1-19-12-4-2-3-9-10(12)5-6-16-11(9)7-13(17)15-8-14(16)18;1-5(2)6-3-7-4-8-6/h4-6,9,11-13H,7-8,10H2,1-3H3;2-4,7H,5-6,8H2,1H3,(H,15,17);3-5H,1-2H3,(H,7,8). The van der Waals surface area contributed by atoms with E-state index in [0.717, 1.165) is 63.8 Å². The van der Waals surface area contributed by atoms with Gasteiger partial charge < -0.3 is 29.6 Å².